The zero-order chi connectivity index (χ0) is 13.8. The fraction of sp³-hybridized carbons (Fsp3) is 0.385. The number of anilines is 1. The van der Waals surface area contributed by atoms with Gasteiger partial charge in [0.15, 0.2) is 0 Å². The van der Waals surface area contributed by atoms with Crippen molar-refractivity contribution in [3.05, 3.63) is 27.7 Å². The summed E-state index contributed by atoms with van der Waals surface area (Å²) in [6, 6.07) is 4.46. The summed E-state index contributed by atoms with van der Waals surface area (Å²) in [5, 5.41) is 6.97. The van der Waals surface area contributed by atoms with Crippen LogP contribution in [0, 0.1) is 13.8 Å². The van der Waals surface area contributed by atoms with E-state index in [0.717, 1.165) is 21.2 Å². The first-order valence-electron chi connectivity index (χ1n) is 5.95. The molecule has 0 fully saturated rings. The standard InChI is InChI=1S/C13H16BrN3O2/c1-8-6-10(7-9(2)11(8)14)12-16-13(19-17-12)15-4-5-18-3/h6-7H,4-5H2,1-3H3,(H,15,16,17). The van der Waals surface area contributed by atoms with Gasteiger partial charge in [0.1, 0.15) is 0 Å². The van der Waals surface area contributed by atoms with Gasteiger partial charge in [-0.25, -0.2) is 0 Å². The van der Waals surface area contributed by atoms with E-state index in [1.54, 1.807) is 7.11 Å². The smallest absolute Gasteiger partial charge is 0.321 e. The summed E-state index contributed by atoms with van der Waals surface area (Å²) in [4.78, 5) is 4.30. The second-order valence-corrected chi connectivity index (χ2v) is 5.06. The second kappa shape index (κ2) is 6.16. The summed E-state index contributed by atoms with van der Waals surface area (Å²) in [6.07, 6.45) is 0. The third-order valence-corrected chi connectivity index (χ3v) is 3.95. The Balaban J connectivity index is 2.18. The summed E-state index contributed by atoms with van der Waals surface area (Å²) in [7, 11) is 1.65. The fourth-order valence-corrected chi connectivity index (χ4v) is 1.98. The van der Waals surface area contributed by atoms with E-state index in [4.69, 9.17) is 9.26 Å². The number of benzene rings is 1. The highest BCUT2D eigenvalue weighted by molar-refractivity contribution is 9.10. The molecule has 2 rings (SSSR count). The average Bonchev–Trinajstić information content (AvgIpc) is 2.84. The van der Waals surface area contributed by atoms with Crippen molar-refractivity contribution in [1.82, 2.24) is 10.1 Å². The van der Waals surface area contributed by atoms with Crippen LogP contribution in [0.2, 0.25) is 0 Å². The maximum atomic E-state index is 5.14. The molecule has 0 aliphatic rings. The summed E-state index contributed by atoms with van der Waals surface area (Å²) < 4.78 is 11.2. The molecule has 0 aliphatic carbocycles. The van der Waals surface area contributed by atoms with Gasteiger partial charge in [-0.3, -0.25) is 0 Å². The number of rotatable bonds is 5. The van der Waals surface area contributed by atoms with Crippen LogP contribution in [0.1, 0.15) is 11.1 Å². The molecule has 0 amide bonds. The monoisotopic (exact) mass is 325 g/mol. The molecule has 0 saturated carbocycles. The van der Waals surface area contributed by atoms with Crippen molar-refractivity contribution in [2.45, 2.75) is 13.8 Å². The van der Waals surface area contributed by atoms with Crippen molar-refractivity contribution in [3.8, 4) is 11.4 Å². The highest BCUT2D eigenvalue weighted by atomic mass is 79.9. The Kier molecular flexibility index (Phi) is 4.55. The van der Waals surface area contributed by atoms with Crippen LogP contribution < -0.4 is 5.32 Å². The van der Waals surface area contributed by atoms with Crippen molar-refractivity contribution in [2.75, 3.05) is 25.6 Å². The van der Waals surface area contributed by atoms with E-state index in [0.29, 0.717) is 25.0 Å². The maximum Gasteiger partial charge on any atom is 0.321 e. The van der Waals surface area contributed by atoms with E-state index in [2.05, 4.69) is 31.4 Å². The molecule has 1 N–H and O–H groups in total. The summed E-state index contributed by atoms with van der Waals surface area (Å²) in [6.45, 7) is 5.31. The van der Waals surface area contributed by atoms with Crippen LogP contribution in [0.15, 0.2) is 21.1 Å². The Morgan fingerprint density at radius 1 is 1.32 bits per heavy atom. The molecule has 0 atom stereocenters. The lowest BCUT2D eigenvalue weighted by Gasteiger charge is -2.04. The minimum Gasteiger partial charge on any atom is -0.383 e. The van der Waals surface area contributed by atoms with Crippen LogP contribution >= 0.6 is 15.9 Å². The van der Waals surface area contributed by atoms with E-state index in [9.17, 15) is 0 Å². The van der Waals surface area contributed by atoms with E-state index in [1.807, 2.05) is 26.0 Å². The van der Waals surface area contributed by atoms with Gasteiger partial charge in [-0.15, -0.1) is 0 Å². The van der Waals surface area contributed by atoms with Crippen molar-refractivity contribution < 1.29 is 9.26 Å². The molecule has 2 aromatic rings. The largest absolute Gasteiger partial charge is 0.383 e. The van der Waals surface area contributed by atoms with Gasteiger partial charge in [0.05, 0.1) is 6.61 Å². The normalized spacial score (nSPS) is 10.7. The van der Waals surface area contributed by atoms with Crippen LogP contribution in [-0.2, 0) is 4.74 Å². The number of methoxy groups -OCH3 is 1. The lowest BCUT2D eigenvalue weighted by molar-refractivity contribution is 0.210. The topological polar surface area (TPSA) is 60.2 Å². The van der Waals surface area contributed by atoms with Crippen LogP contribution in [0.4, 0.5) is 6.01 Å². The third-order valence-electron chi connectivity index (χ3n) is 2.70. The van der Waals surface area contributed by atoms with Gasteiger partial charge < -0.3 is 14.6 Å². The molecule has 102 valence electrons. The molecule has 1 aromatic carbocycles. The molecule has 1 heterocycles. The van der Waals surface area contributed by atoms with Gasteiger partial charge in [-0.2, -0.15) is 4.98 Å². The van der Waals surface area contributed by atoms with Crippen LogP contribution in [0.5, 0.6) is 0 Å². The van der Waals surface area contributed by atoms with Gasteiger partial charge >= 0.3 is 6.01 Å². The summed E-state index contributed by atoms with van der Waals surface area (Å²) >= 11 is 3.54. The van der Waals surface area contributed by atoms with E-state index in [-0.39, 0.29) is 0 Å². The number of halogens is 1. The number of nitrogens with zero attached hydrogens (tertiary/aromatic N) is 2. The van der Waals surface area contributed by atoms with Crippen LogP contribution in [-0.4, -0.2) is 30.4 Å². The van der Waals surface area contributed by atoms with Crippen molar-refractivity contribution >= 4 is 21.9 Å². The highest BCUT2D eigenvalue weighted by Gasteiger charge is 2.10. The number of ether oxygens (including phenoxy) is 1. The number of nitrogens with one attached hydrogen (secondary N) is 1. The second-order valence-electron chi connectivity index (χ2n) is 4.27. The molecule has 5 nitrogen and oxygen atoms in total. The highest BCUT2D eigenvalue weighted by Crippen LogP contribution is 2.27. The van der Waals surface area contributed by atoms with Gasteiger partial charge in [0, 0.05) is 23.7 Å². The Labute approximate surface area is 120 Å². The fourth-order valence-electron chi connectivity index (χ4n) is 1.75. The molecule has 19 heavy (non-hydrogen) atoms. The number of aromatic nitrogens is 2. The molecule has 0 bridgehead atoms. The summed E-state index contributed by atoms with van der Waals surface area (Å²) in [5.74, 6) is 0.582. The predicted molar refractivity (Wildman–Crippen MR) is 77.3 cm³/mol. The Morgan fingerprint density at radius 3 is 2.63 bits per heavy atom. The molecular formula is C13H16BrN3O2. The van der Waals surface area contributed by atoms with E-state index >= 15 is 0 Å². The van der Waals surface area contributed by atoms with Crippen molar-refractivity contribution in [1.29, 1.82) is 0 Å². The summed E-state index contributed by atoms with van der Waals surface area (Å²) in [5.41, 5.74) is 3.24. The number of hydrogen-bond donors (Lipinski definition) is 1. The molecule has 0 aliphatic heterocycles. The average molecular weight is 326 g/mol. The first-order chi connectivity index (χ1) is 9.11. The molecule has 0 radical (unpaired) electrons. The van der Waals surface area contributed by atoms with Gasteiger partial charge in [0.2, 0.25) is 5.82 Å². The third kappa shape index (κ3) is 3.33. The number of aryl methyl sites for hydroxylation is 2. The first-order valence-corrected chi connectivity index (χ1v) is 6.74. The van der Waals surface area contributed by atoms with Gasteiger partial charge in [0.25, 0.3) is 0 Å². The van der Waals surface area contributed by atoms with E-state index in [1.165, 1.54) is 0 Å². The van der Waals surface area contributed by atoms with Gasteiger partial charge in [-0.05, 0) is 37.1 Å². The predicted octanol–water partition coefficient (Wildman–Crippen LogP) is 3.17. The molecule has 0 saturated heterocycles. The van der Waals surface area contributed by atoms with Crippen LogP contribution in [0.25, 0.3) is 11.4 Å². The lowest BCUT2D eigenvalue weighted by Crippen LogP contribution is -2.07. The van der Waals surface area contributed by atoms with Crippen molar-refractivity contribution in [3.63, 3.8) is 0 Å². The van der Waals surface area contributed by atoms with Gasteiger partial charge in [-0.1, -0.05) is 21.1 Å². The number of hydrogen-bond acceptors (Lipinski definition) is 5. The van der Waals surface area contributed by atoms with Crippen molar-refractivity contribution in [2.24, 2.45) is 0 Å². The zero-order valence-corrected chi connectivity index (χ0v) is 12.7. The lowest BCUT2D eigenvalue weighted by atomic mass is 10.1. The maximum absolute atomic E-state index is 5.14. The minimum atomic E-state index is 0.408. The molecule has 1 aromatic heterocycles. The molecule has 0 unspecified atom stereocenters. The molecule has 0 spiro atoms. The first kappa shape index (κ1) is 14.0. The van der Waals surface area contributed by atoms with Crippen LogP contribution in [0.3, 0.4) is 0 Å². The Bertz CT molecular complexity index is 546. The van der Waals surface area contributed by atoms with E-state index < -0.39 is 0 Å². The Hall–Kier alpha value is -1.40. The zero-order valence-electron chi connectivity index (χ0n) is 11.2. The molecule has 6 heteroatoms. The Morgan fingerprint density at radius 2 is 2.00 bits per heavy atom. The SMILES string of the molecule is COCCNc1nc(-c2cc(C)c(Br)c(C)c2)no1. The molecular weight excluding hydrogens is 310 g/mol. The minimum absolute atomic E-state index is 0.408. The quantitative estimate of drug-likeness (QED) is 0.855.